The number of hydrogen-bond acceptors (Lipinski definition) is 1. The number of rotatable bonds is 3. The highest BCUT2D eigenvalue weighted by Gasteiger charge is 2.16. The highest BCUT2D eigenvalue weighted by Crippen LogP contribution is 2.29. The molecule has 3 heteroatoms. The smallest absolute Gasteiger partial charge is 0.0652 e. The van der Waals surface area contributed by atoms with Crippen LogP contribution in [0.4, 0.5) is 5.69 Å². The Morgan fingerprint density at radius 3 is 2.64 bits per heavy atom. The highest BCUT2D eigenvalue weighted by atomic mass is 35.5. The molecule has 1 nitrogen and oxygen atoms in total. The fourth-order valence-electron chi connectivity index (χ4n) is 1.58. The van der Waals surface area contributed by atoms with E-state index in [1.807, 2.05) is 12.1 Å². The quantitative estimate of drug-likeness (QED) is 0.820. The van der Waals surface area contributed by atoms with Crippen LogP contribution in [0.15, 0.2) is 18.2 Å². The molecule has 1 aliphatic rings. The maximum absolute atomic E-state index is 6.03. The molecule has 0 radical (unpaired) electrons. The Balaban J connectivity index is 1.94. The van der Waals surface area contributed by atoms with Crippen LogP contribution in [0.25, 0.3) is 0 Å². The highest BCUT2D eigenvalue weighted by molar-refractivity contribution is 6.36. The van der Waals surface area contributed by atoms with Crippen molar-refractivity contribution >= 4 is 28.9 Å². The maximum atomic E-state index is 6.03. The lowest BCUT2D eigenvalue weighted by Gasteiger charge is -2.26. The topological polar surface area (TPSA) is 12.0 Å². The fourth-order valence-corrected chi connectivity index (χ4v) is 2.06. The molecule has 1 aromatic carbocycles. The molecule has 1 aromatic rings. The van der Waals surface area contributed by atoms with E-state index in [0.717, 1.165) is 18.2 Å². The predicted octanol–water partition coefficient (Wildman–Crippen LogP) is 4.21. The van der Waals surface area contributed by atoms with E-state index in [4.69, 9.17) is 23.2 Å². The second-order valence-electron chi connectivity index (χ2n) is 3.80. The lowest BCUT2D eigenvalue weighted by atomic mass is 9.85. The summed E-state index contributed by atoms with van der Waals surface area (Å²) >= 11 is 11.8. The summed E-state index contributed by atoms with van der Waals surface area (Å²) in [5, 5.41) is 4.74. The second-order valence-corrected chi connectivity index (χ2v) is 4.65. The minimum atomic E-state index is 0.684. The van der Waals surface area contributed by atoms with Crippen LogP contribution < -0.4 is 5.32 Å². The van der Waals surface area contributed by atoms with E-state index >= 15 is 0 Å². The minimum absolute atomic E-state index is 0.684. The summed E-state index contributed by atoms with van der Waals surface area (Å²) in [5.41, 5.74) is 0.989. The molecule has 0 amide bonds. The average molecular weight is 230 g/mol. The summed E-state index contributed by atoms with van der Waals surface area (Å²) in [6, 6.07) is 5.56. The molecule has 1 fully saturated rings. The Bertz CT molecular complexity index is 321. The van der Waals surface area contributed by atoms with Gasteiger partial charge < -0.3 is 5.32 Å². The van der Waals surface area contributed by atoms with Crippen LogP contribution in [0.3, 0.4) is 0 Å². The Hall–Kier alpha value is -0.400. The first-order valence-corrected chi connectivity index (χ1v) is 5.70. The van der Waals surface area contributed by atoms with Gasteiger partial charge in [-0.25, -0.2) is 0 Å². The zero-order valence-corrected chi connectivity index (χ0v) is 9.41. The van der Waals surface area contributed by atoms with Gasteiger partial charge in [-0.2, -0.15) is 0 Å². The van der Waals surface area contributed by atoms with Crippen molar-refractivity contribution in [1.29, 1.82) is 0 Å². The molecule has 0 saturated heterocycles. The molecule has 76 valence electrons. The van der Waals surface area contributed by atoms with E-state index in [-0.39, 0.29) is 0 Å². The molecule has 0 unspecified atom stereocenters. The lowest BCUT2D eigenvalue weighted by Crippen LogP contribution is -2.20. The van der Waals surface area contributed by atoms with E-state index in [2.05, 4.69) is 5.32 Å². The minimum Gasteiger partial charge on any atom is -0.384 e. The molecular weight excluding hydrogens is 217 g/mol. The Labute approximate surface area is 94.4 Å². The van der Waals surface area contributed by atoms with Crippen molar-refractivity contribution in [2.24, 2.45) is 5.92 Å². The summed E-state index contributed by atoms with van der Waals surface area (Å²) in [7, 11) is 0. The third-order valence-corrected chi connectivity index (χ3v) is 3.28. The summed E-state index contributed by atoms with van der Waals surface area (Å²) in [6.07, 6.45) is 4.07. The largest absolute Gasteiger partial charge is 0.384 e. The van der Waals surface area contributed by atoms with E-state index in [1.165, 1.54) is 19.3 Å². The van der Waals surface area contributed by atoms with Crippen molar-refractivity contribution < 1.29 is 0 Å². The van der Waals surface area contributed by atoms with Gasteiger partial charge >= 0.3 is 0 Å². The predicted molar refractivity (Wildman–Crippen MR) is 62.3 cm³/mol. The summed E-state index contributed by atoms with van der Waals surface area (Å²) in [6.45, 7) is 1.03. The van der Waals surface area contributed by atoms with Crippen LogP contribution in [-0.4, -0.2) is 6.54 Å². The van der Waals surface area contributed by atoms with Crippen LogP contribution in [0.2, 0.25) is 10.0 Å². The molecule has 0 spiro atoms. The maximum Gasteiger partial charge on any atom is 0.0652 e. The summed E-state index contributed by atoms with van der Waals surface area (Å²) in [4.78, 5) is 0. The first-order valence-electron chi connectivity index (χ1n) is 4.94. The van der Waals surface area contributed by atoms with E-state index < -0.39 is 0 Å². The van der Waals surface area contributed by atoms with Crippen molar-refractivity contribution in [3.8, 4) is 0 Å². The lowest BCUT2D eigenvalue weighted by molar-refractivity contribution is 0.333. The number of anilines is 1. The molecule has 0 heterocycles. The Morgan fingerprint density at radius 2 is 2.07 bits per heavy atom. The van der Waals surface area contributed by atoms with Crippen molar-refractivity contribution in [2.45, 2.75) is 19.3 Å². The first-order chi connectivity index (χ1) is 6.75. The third-order valence-electron chi connectivity index (χ3n) is 2.74. The molecule has 0 aromatic heterocycles. The molecule has 1 N–H and O–H groups in total. The van der Waals surface area contributed by atoms with Crippen LogP contribution in [0, 0.1) is 5.92 Å². The van der Waals surface area contributed by atoms with Crippen molar-refractivity contribution in [2.75, 3.05) is 11.9 Å². The van der Waals surface area contributed by atoms with Crippen LogP contribution in [-0.2, 0) is 0 Å². The summed E-state index contributed by atoms with van der Waals surface area (Å²) < 4.78 is 0. The van der Waals surface area contributed by atoms with E-state index in [9.17, 15) is 0 Å². The van der Waals surface area contributed by atoms with Gasteiger partial charge in [0, 0.05) is 11.6 Å². The number of hydrogen-bond donors (Lipinski definition) is 1. The molecule has 0 bridgehead atoms. The second kappa shape index (κ2) is 4.41. The standard InChI is InChI=1S/C11H13Cl2N/c12-9-4-5-11(10(13)6-9)14-7-8-2-1-3-8/h4-6,8,14H,1-3,7H2. The zero-order chi connectivity index (χ0) is 9.97. The molecule has 14 heavy (non-hydrogen) atoms. The van der Waals surface area contributed by atoms with E-state index in [0.29, 0.717) is 10.0 Å². The molecule has 0 atom stereocenters. The van der Waals surface area contributed by atoms with Gasteiger partial charge in [0.25, 0.3) is 0 Å². The van der Waals surface area contributed by atoms with Gasteiger partial charge in [0.1, 0.15) is 0 Å². The van der Waals surface area contributed by atoms with Crippen LogP contribution >= 0.6 is 23.2 Å². The Kier molecular flexibility index (Phi) is 3.19. The average Bonchev–Trinajstić information content (AvgIpc) is 2.05. The van der Waals surface area contributed by atoms with Gasteiger partial charge in [-0.05, 0) is 37.0 Å². The molecule has 0 aliphatic heterocycles. The van der Waals surface area contributed by atoms with Crippen molar-refractivity contribution in [1.82, 2.24) is 0 Å². The summed E-state index contributed by atoms with van der Waals surface area (Å²) in [5.74, 6) is 0.835. The Morgan fingerprint density at radius 1 is 1.29 bits per heavy atom. The van der Waals surface area contributed by atoms with Crippen LogP contribution in [0.5, 0.6) is 0 Å². The SMILES string of the molecule is Clc1ccc(NCC2CCC2)c(Cl)c1. The van der Waals surface area contributed by atoms with Crippen molar-refractivity contribution in [3.63, 3.8) is 0 Å². The zero-order valence-electron chi connectivity index (χ0n) is 7.89. The molecule has 1 saturated carbocycles. The first kappa shape index (κ1) is 10.1. The van der Waals surface area contributed by atoms with Gasteiger partial charge in [-0.15, -0.1) is 0 Å². The monoisotopic (exact) mass is 229 g/mol. The molecule has 2 rings (SSSR count). The van der Waals surface area contributed by atoms with E-state index in [1.54, 1.807) is 6.07 Å². The number of nitrogens with one attached hydrogen (secondary N) is 1. The fraction of sp³-hybridized carbons (Fsp3) is 0.455. The van der Waals surface area contributed by atoms with Gasteiger partial charge in [-0.1, -0.05) is 29.6 Å². The number of benzene rings is 1. The van der Waals surface area contributed by atoms with Gasteiger partial charge in [0.15, 0.2) is 0 Å². The van der Waals surface area contributed by atoms with Gasteiger partial charge in [0.05, 0.1) is 10.7 Å². The molecule has 1 aliphatic carbocycles. The normalized spacial score (nSPS) is 16.4. The third kappa shape index (κ3) is 2.34. The van der Waals surface area contributed by atoms with Crippen LogP contribution in [0.1, 0.15) is 19.3 Å². The van der Waals surface area contributed by atoms with Crippen molar-refractivity contribution in [3.05, 3.63) is 28.2 Å². The van der Waals surface area contributed by atoms with Gasteiger partial charge in [0.2, 0.25) is 0 Å². The van der Waals surface area contributed by atoms with Gasteiger partial charge in [-0.3, -0.25) is 0 Å². The number of halogens is 2. The molecular formula is C11H13Cl2N.